The molecule has 15 heavy (non-hydrogen) atoms. The zero-order valence-corrected chi connectivity index (χ0v) is 11.3. The fraction of sp³-hybridized carbons (Fsp3) is 0.500. The van der Waals surface area contributed by atoms with E-state index < -0.39 is 0 Å². The number of thioether (sulfide) groups is 1. The highest BCUT2D eigenvalue weighted by atomic mass is 79.9. The summed E-state index contributed by atoms with van der Waals surface area (Å²) in [6.45, 7) is 0.701. The molecule has 1 unspecified atom stereocenters. The van der Waals surface area contributed by atoms with E-state index in [9.17, 15) is 4.79 Å². The third kappa shape index (κ3) is 3.06. The van der Waals surface area contributed by atoms with Crippen LogP contribution in [-0.2, 0) is 16.0 Å². The summed E-state index contributed by atoms with van der Waals surface area (Å²) in [5, 5.41) is 1.99. The lowest BCUT2D eigenvalue weighted by atomic mass is 10.1. The number of carbonyl (C=O) groups excluding carboxylic acids is 1. The number of thiophene rings is 1. The molecule has 0 aromatic carbocycles. The van der Waals surface area contributed by atoms with Crippen LogP contribution in [0.15, 0.2) is 15.9 Å². The van der Waals surface area contributed by atoms with Crippen molar-refractivity contribution in [2.24, 2.45) is 0 Å². The van der Waals surface area contributed by atoms with E-state index in [-0.39, 0.29) is 11.9 Å². The van der Waals surface area contributed by atoms with Crippen molar-refractivity contribution in [1.82, 2.24) is 0 Å². The number of carbonyl (C=O) groups is 1. The predicted octanol–water partition coefficient (Wildman–Crippen LogP) is 2.75. The van der Waals surface area contributed by atoms with Gasteiger partial charge in [-0.3, -0.25) is 4.79 Å². The van der Waals surface area contributed by atoms with Gasteiger partial charge >= 0.3 is 0 Å². The van der Waals surface area contributed by atoms with E-state index in [0.29, 0.717) is 13.0 Å². The van der Waals surface area contributed by atoms with E-state index in [1.165, 1.54) is 0 Å². The molecule has 0 spiro atoms. The molecule has 2 heterocycles. The summed E-state index contributed by atoms with van der Waals surface area (Å²) in [6.07, 6.45) is 0.293. The first-order valence-corrected chi connectivity index (χ1v) is 7.54. The first-order chi connectivity index (χ1) is 7.27. The molecule has 0 bridgehead atoms. The largest absolute Gasteiger partial charge is 0.369 e. The molecular formula is C10H11BrO2S2. The molecule has 1 saturated heterocycles. The number of hydrogen-bond acceptors (Lipinski definition) is 4. The Labute approximate surface area is 106 Å². The maximum Gasteiger partial charge on any atom is 0.167 e. The Bertz CT molecular complexity index is 345. The van der Waals surface area contributed by atoms with Crippen molar-refractivity contribution in [3.8, 4) is 0 Å². The lowest BCUT2D eigenvalue weighted by Crippen LogP contribution is -2.32. The number of ether oxygens (including phenoxy) is 1. The molecule has 1 aromatic rings. The summed E-state index contributed by atoms with van der Waals surface area (Å²) >= 11 is 6.84. The van der Waals surface area contributed by atoms with Crippen molar-refractivity contribution in [1.29, 1.82) is 0 Å². The summed E-state index contributed by atoms with van der Waals surface area (Å²) in [6, 6.07) is 1.98. The Balaban J connectivity index is 1.94. The molecule has 0 aliphatic carbocycles. The first-order valence-electron chi connectivity index (χ1n) is 4.71. The van der Waals surface area contributed by atoms with Crippen LogP contribution in [0.5, 0.6) is 0 Å². The Kier molecular flexibility index (Phi) is 4.25. The van der Waals surface area contributed by atoms with Crippen LogP contribution in [0.2, 0.25) is 0 Å². The van der Waals surface area contributed by atoms with Gasteiger partial charge in [-0.15, -0.1) is 11.3 Å². The average Bonchev–Trinajstić information content (AvgIpc) is 2.66. The fourth-order valence-corrected chi connectivity index (χ4v) is 3.78. The lowest BCUT2D eigenvalue weighted by molar-refractivity contribution is -0.128. The van der Waals surface area contributed by atoms with Crippen LogP contribution in [-0.4, -0.2) is 30.0 Å². The number of rotatable bonds is 3. The fourth-order valence-electron chi connectivity index (χ4n) is 1.40. The highest BCUT2D eigenvalue weighted by Gasteiger charge is 2.23. The van der Waals surface area contributed by atoms with Gasteiger partial charge in [-0.1, -0.05) is 0 Å². The molecule has 0 saturated carbocycles. The Morgan fingerprint density at radius 2 is 2.53 bits per heavy atom. The third-order valence-corrected chi connectivity index (χ3v) is 5.12. The number of Topliss-reactive ketones (excluding diaryl/α,β-unsaturated/α-hetero) is 1. The standard InChI is InChI=1S/C10H11BrO2S2/c11-7-1-3-15-10(7)5-8(12)9-6-14-4-2-13-9/h1,3,9H,2,4-6H2. The molecule has 1 aliphatic rings. The molecular weight excluding hydrogens is 296 g/mol. The second-order valence-corrected chi connectivity index (χ2v) is 6.27. The number of halogens is 1. The molecule has 1 fully saturated rings. The van der Waals surface area contributed by atoms with E-state index >= 15 is 0 Å². The van der Waals surface area contributed by atoms with E-state index in [1.807, 2.05) is 11.4 Å². The maximum absolute atomic E-state index is 11.9. The summed E-state index contributed by atoms with van der Waals surface area (Å²) in [5.41, 5.74) is 0. The molecule has 0 amide bonds. The normalized spacial score (nSPS) is 21.5. The van der Waals surface area contributed by atoms with Gasteiger partial charge in [-0.05, 0) is 27.4 Å². The summed E-state index contributed by atoms with van der Waals surface area (Å²) in [7, 11) is 0. The van der Waals surface area contributed by atoms with E-state index in [2.05, 4.69) is 15.9 Å². The molecule has 82 valence electrons. The molecule has 1 atom stereocenters. The monoisotopic (exact) mass is 306 g/mol. The molecule has 0 N–H and O–H groups in total. The highest BCUT2D eigenvalue weighted by Crippen LogP contribution is 2.24. The minimum atomic E-state index is -0.197. The summed E-state index contributed by atoms with van der Waals surface area (Å²) in [5.74, 6) is 2.01. The van der Waals surface area contributed by atoms with Gasteiger partial charge in [0.15, 0.2) is 5.78 Å². The van der Waals surface area contributed by atoms with Gasteiger partial charge in [0.25, 0.3) is 0 Å². The van der Waals surface area contributed by atoms with Gasteiger partial charge in [0.1, 0.15) is 6.10 Å². The van der Waals surface area contributed by atoms with Crippen molar-refractivity contribution in [2.45, 2.75) is 12.5 Å². The van der Waals surface area contributed by atoms with Crippen molar-refractivity contribution in [2.75, 3.05) is 18.1 Å². The van der Waals surface area contributed by atoms with Crippen LogP contribution in [0.4, 0.5) is 0 Å². The third-order valence-electron chi connectivity index (χ3n) is 2.20. The average molecular weight is 307 g/mol. The van der Waals surface area contributed by atoms with Crippen molar-refractivity contribution >= 4 is 44.8 Å². The number of hydrogen-bond donors (Lipinski definition) is 0. The van der Waals surface area contributed by atoms with Crippen LogP contribution in [0.1, 0.15) is 4.88 Å². The van der Waals surface area contributed by atoms with Crippen LogP contribution in [0.25, 0.3) is 0 Å². The highest BCUT2D eigenvalue weighted by molar-refractivity contribution is 9.10. The topological polar surface area (TPSA) is 26.3 Å². The minimum Gasteiger partial charge on any atom is -0.369 e. The first kappa shape index (κ1) is 11.6. The van der Waals surface area contributed by atoms with Crippen LogP contribution in [0, 0.1) is 0 Å². The Morgan fingerprint density at radius 3 is 3.13 bits per heavy atom. The Hall–Kier alpha value is 0.160. The van der Waals surface area contributed by atoms with Crippen LogP contribution >= 0.6 is 39.0 Å². The smallest absolute Gasteiger partial charge is 0.167 e. The van der Waals surface area contributed by atoms with Crippen molar-refractivity contribution in [3.05, 3.63) is 20.8 Å². The van der Waals surface area contributed by atoms with Crippen LogP contribution < -0.4 is 0 Å². The van der Waals surface area contributed by atoms with Gasteiger partial charge in [0.05, 0.1) is 6.61 Å². The van der Waals surface area contributed by atoms with E-state index in [0.717, 1.165) is 20.9 Å². The molecule has 0 radical (unpaired) electrons. The predicted molar refractivity (Wildman–Crippen MR) is 67.8 cm³/mol. The quantitative estimate of drug-likeness (QED) is 0.859. The van der Waals surface area contributed by atoms with Crippen LogP contribution in [0.3, 0.4) is 0 Å². The Morgan fingerprint density at radius 1 is 1.67 bits per heavy atom. The van der Waals surface area contributed by atoms with Gasteiger partial charge in [0, 0.05) is 27.3 Å². The minimum absolute atomic E-state index is 0.197. The molecule has 1 aromatic heterocycles. The summed E-state index contributed by atoms with van der Waals surface area (Å²) in [4.78, 5) is 13.0. The van der Waals surface area contributed by atoms with Crippen molar-refractivity contribution < 1.29 is 9.53 Å². The molecule has 2 nitrogen and oxygen atoms in total. The molecule has 2 rings (SSSR count). The zero-order chi connectivity index (χ0) is 10.7. The van der Waals surface area contributed by atoms with Gasteiger partial charge in [-0.2, -0.15) is 11.8 Å². The number of ketones is 1. The van der Waals surface area contributed by atoms with E-state index in [1.54, 1.807) is 23.1 Å². The second kappa shape index (κ2) is 5.48. The molecule has 1 aliphatic heterocycles. The van der Waals surface area contributed by atoms with Crippen molar-refractivity contribution in [3.63, 3.8) is 0 Å². The zero-order valence-electron chi connectivity index (χ0n) is 8.07. The summed E-state index contributed by atoms with van der Waals surface area (Å²) < 4.78 is 6.48. The lowest BCUT2D eigenvalue weighted by Gasteiger charge is -2.20. The molecule has 5 heteroatoms. The van der Waals surface area contributed by atoms with E-state index in [4.69, 9.17) is 4.74 Å². The van der Waals surface area contributed by atoms with Gasteiger partial charge < -0.3 is 4.74 Å². The second-order valence-electron chi connectivity index (χ2n) is 3.27. The SMILES string of the molecule is O=C(Cc1sccc1Br)C1CSCCO1. The van der Waals surface area contributed by atoms with Gasteiger partial charge in [0.2, 0.25) is 0 Å². The van der Waals surface area contributed by atoms with Gasteiger partial charge in [-0.25, -0.2) is 0 Å². The maximum atomic E-state index is 11.9.